The van der Waals surface area contributed by atoms with Gasteiger partial charge in [-0.15, -0.1) is 6.58 Å². The third-order valence-corrected chi connectivity index (χ3v) is 3.79. The summed E-state index contributed by atoms with van der Waals surface area (Å²) in [6, 6.07) is 4.14. The molecule has 5 nitrogen and oxygen atoms in total. The fourth-order valence-electron chi connectivity index (χ4n) is 1.38. The average molecular weight is 255 g/mol. The first-order valence-corrected chi connectivity index (χ1v) is 6.32. The van der Waals surface area contributed by atoms with Gasteiger partial charge in [0.25, 0.3) is 0 Å². The molecule has 0 atom stereocenters. The topological polar surface area (TPSA) is 83.5 Å². The fourth-order valence-corrected chi connectivity index (χ4v) is 2.65. The van der Waals surface area contributed by atoms with E-state index >= 15 is 0 Å². The Morgan fingerprint density at radius 2 is 2.18 bits per heavy atom. The number of sulfonamides is 1. The maximum Gasteiger partial charge on any atom is 0.335 e. The summed E-state index contributed by atoms with van der Waals surface area (Å²) in [5.41, 5.74) is 0.197. The van der Waals surface area contributed by atoms with Crippen molar-refractivity contribution in [3.8, 4) is 0 Å². The highest BCUT2D eigenvalue weighted by Gasteiger charge is 2.19. The highest BCUT2D eigenvalue weighted by Crippen LogP contribution is 2.18. The Bertz CT molecular complexity index is 549. The Morgan fingerprint density at radius 1 is 1.53 bits per heavy atom. The first-order valence-electron chi connectivity index (χ1n) is 4.83. The Morgan fingerprint density at radius 3 is 2.71 bits per heavy atom. The molecule has 17 heavy (non-hydrogen) atoms. The monoisotopic (exact) mass is 255 g/mol. The normalized spacial score (nSPS) is 11.1. The lowest BCUT2D eigenvalue weighted by atomic mass is 10.1. The van der Waals surface area contributed by atoms with Crippen LogP contribution in [-0.2, 0) is 10.0 Å². The van der Waals surface area contributed by atoms with Crippen molar-refractivity contribution in [2.45, 2.75) is 11.8 Å². The van der Waals surface area contributed by atoms with Gasteiger partial charge in [-0.25, -0.2) is 17.9 Å². The zero-order valence-electron chi connectivity index (χ0n) is 9.30. The van der Waals surface area contributed by atoms with E-state index in [0.717, 1.165) is 0 Å². The summed E-state index contributed by atoms with van der Waals surface area (Å²) in [5, 5.41) is 8.90. The number of aromatic carboxylic acids is 1. The van der Waals surface area contributed by atoms with E-state index in [1.807, 2.05) is 0 Å². The molecule has 0 bridgehead atoms. The number of hydrogen-bond acceptors (Lipinski definition) is 3. The molecule has 0 aromatic heterocycles. The molecule has 2 N–H and O–H groups in total. The molecule has 0 aliphatic heterocycles. The van der Waals surface area contributed by atoms with E-state index in [4.69, 9.17) is 5.11 Å². The smallest absolute Gasteiger partial charge is 0.335 e. The van der Waals surface area contributed by atoms with Crippen LogP contribution in [-0.4, -0.2) is 26.0 Å². The van der Waals surface area contributed by atoms with Crippen LogP contribution in [0.3, 0.4) is 0 Å². The van der Waals surface area contributed by atoms with Crippen LogP contribution in [0.5, 0.6) is 0 Å². The standard InChI is InChI=1S/C11H13NO4S/c1-3-7-12-17(15,16)10-6-4-5-9(8(10)2)11(13)14/h3-6,12H,1,7H2,2H3,(H,13,14). The van der Waals surface area contributed by atoms with Crippen molar-refractivity contribution in [1.82, 2.24) is 4.72 Å². The quantitative estimate of drug-likeness (QED) is 0.773. The number of carboxylic acids is 1. The van der Waals surface area contributed by atoms with E-state index in [-0.39, 0.29) is 22.6 Å². The molecule has 0 radical (unpaired) electrons. The number of hydrogen-bond donors (Lipinski definition) is 2. The summed E-state index contributed by atoms with van der Waals surface area (Å²) >= 11 is 0. The molecule has 0 amide bonds. The molecule has 0 fully saturated rings. The van der Waals surface area contributed by atoms with Crippen LogP contribution in [0.1, 0.15) is 15.9 Å². The van der Waals surface area contributed by atoms with Crippen molar-refractivity contribution < 1.29 is 18.3 Å². The van der Waals surface area contributed by atoms with Crippen LogP contribution in [0.4, 0.5) is 0 Å². The van der Waals surface area contributed by atoms with Crippen molar-refractivity contribution in [3.05, 3.63) is 42.0 Å². The van der Waals surface area contributed by atoms with E-state index in [9.17, 15) is 13.2 Å². The second-order valence-corrected chi connectivity index (χ2v) is 5.11. The molecule has 1 rings (SSSR count). The summed E-state index contributed by atoms with van der Waals surface area (Å²) in [4.78, 5) is 10.9. The van der Waals surface area contributed by atoms with Crippen LogP contribution in [0.25, 0.3) is 0 Å². The van der Waals surface area contributed by atoms with Gasteiger partial charge in [-0.3, -0.25) is 0 Å². The zero-order valence-corrected chi connectivity index (χ0v) is 10.1. The first kappa shape index (κ1) is 13.4. The number of rotatable bonds is 5. The summed E-state index contributed by atoms with van der Waals surface area (Å²) in [5.74, 6) is -1.15. The summed E-state index contributed by atoms with van der Waals surface area (Å²) in [6.45, 7) is 4.97. The molecule has 0 aliphatic rings. The molecule has 1 aromatic rings. The summed E-state index contributed by atoms with van der Waals surface area (Å²) in [6.07, 6.45) is 1.41. The molecule has 6 heteroatoms. The summed E-state index contributed by atoms with van der Waals surface area (Å²) in [7, 11) is -3.69. The second-order valence-electron chi connectivity index (χ2n) is 3.37. The predicted octanol–water partition coefficient (Wildman–Crippen LogP) is 1.16. The Balaban J connectivity index is 3.28. The fraction of sp³-hybridized carbons (Fsp3) is 0.182. The SMILES string of the molecule is C=CCNS(=O)(=O)c1cccc(C(=O)O)c1C. The average Bonchev–Trinajstić information content (AvgIpc) is 2.26. The summed E-state index contributed by atoms with van der Waals surface area (Å²) < 4.78 is 26.0. The lowest BCUT2D eigenvalue weighted by molar-refractivity contribution is 0.0696. The minimum atomic E-state index is -3.69. The number of carbonyl (C=O) groups is 1. The van der Waals surface area contributed by atoms with Crippen molar-refractivity contribution in [3.63, 3.8) is 0 Å². The van der Waals surface area contributed by atoms with Gasteiger partial charge in [0.2, 0.25) is 10.0 Å². The van der Waals surface area contributed by atoms with Crippen LogP contribution in [0, 0.1) is 6.92 Å². The van der Waals surface area contributed by atoms with Gasteiger partial charge in [0, 0.05) is 6.54 Å². The number of nitrogens with one attached hydrogen (secondary N) is 1. The highest BCUT2D eigenvalue weighted by molar-refractivity contribution is 7.89. The molecule has 92 valence electrons. The third kappa shape index (κ3) is 2.92. The lowest BCUT2D eigenvalue weighted by Gasteiger charge is -2.09. The van der Waals surface area contributed by atoms with Crippen LogP contribution >= 0.6 is 0 Å². The number of benzene rings is 1. The molecule has 0 aliphatic carbocycles. The molecule has 0 saturated heterocycles. The van der Waals surface area contributed by atoms with E-state index in [2.05, 4.69) is 11.3 Å². The van der Waals surface area contributed by atoms with E-state index in [1.54, 1.807) is 0 Å². The maximum atomic E-state index is 11.8. The Labute approximate surface area is 99.8 Å². The molecular formula is C11H13NO4S. The molecular weight excluding hydrogens is 242 g/mol. The number of carboxylic acid groups (broad SMARTS) is 1. The van der Waals surface area contributed by atoms with Gasteiger partial charge in [-0.1, -0.05) is 12.1 Å². The van der Waals surface area contributed by atoms with Gasteiger partial charge in [0.1, 0.15) is 0 Å². The van der Waals surface area contributed by atoms with Crippen LogP contribution in [0.2, 0.25) is 0 Å². The highest BCUT2D eigenvalue weighted by atomic mass is 32.2. The van der Waals surface area contributed by atoms with Crippen molar-refractivity contribution in [2.75, 3.05) is 6.54 Å². The maximum absolute atomic E-state index is 11.8. The van der Waals surface area contributed by atoms with Crippen molar-refractivity contribution >= 4 is 16.0 Å². The van der Waals surface area contributed by atoms with Gasteiger partial charge in [-0.2, -0.15) is 0 Å². The van der Waals surface area contributed by atoms with Crippen LogP contribution in [0.15, 0.2) is 35.7 Å². The molecule has 0 spiro atoms. The van der Waals surface area contributed by atoms with Crippen LogP contribution < -0.4 is 4.72 Å². The van der Waals surface area contributed by atoms with E-state index in [1.165, 1.54) is 31.2 Å². The molecule has 0 heterocycles. The van der Waals surface area contributed by atoms with Crippen molar-refractivity contribution in [2.24, 2.45) is 0 Å². The van der Waals surface area contributed by atoms with Gasteiger partial charge in [0.15, 0.2) is 0 Å². The lowest BCUT2D eigenvalue weighted by Crippen LogP contribution is -2.25. The minimum Gasteiger partial charge on any atom is -0.478 e. The zero-order chi connectivity index (χ0) is 13.1. The minimum absolute atomic E-state index is 0.0218. The van der Waals surface area contributed by atoms with Gasteiger partial charge < -0.3 is 5.11 Å². The van der Waals surface area contributed by atoms with E-state index < -0.39 is 16.0 Å². The second kappa shape index (κ2) is 5.11. The Hall–Kier alpha value is -1.66. The predicted molar refractivity (Wildman–Crippen MR) is 63.5 cm³/mol. The largest absolute Gasteiger partial charge is 0.478 e. The Kier molecular flexibility index (Phi) is 4.03. The first-order chi connectivity index (χ1) is 7.90. The van der Waals surface area contributed by atoms with Gasteiger partial charge >= 0.3 is 5.97 Å². The van der Waals surface area contributed by atoms with Gasteiger partial charge in [0.05, 0.1) is 10.5 Å². The molecule has 1 aromatic carbocycles. The van der Waals surface area contributed by atoms with Gasteiger partial charge in [-0.05, 0) is 24.6 Å². The van der Waals surface area contributed by atoms with E-state index in [0.29, 0.717) is 0 Å². The third-order valence-electron chi connectivity index (χ3n) is 2.22. The van der Waals surface area contributed by atoms with Crippen molar-refractivity contribution in [1.29, 1.82) is 0 Å². The molecule has 0 saturated carbocycles. The molecule has 0 unspecified atom stereocenters.